The molecular weight excluding hydrogens is 475 g/mol. The molecule has 9 heteroatoms. The monoisotopic (exact) mass is 502 g/mol. The van der Waals surface area contributed by atoms with Gasteiger partial charge >= 0.3 is 0 Å². The van der Waals surface area contributed by atoms with Crippen LogP contribution in [0.2, 0.25) is 10.2 Å². The van der Waals surface area contributed by atoms with Gasteiger partial charge < -0.3 is 14.8 Å². The first-order valence-corrected chi connectivity index (χ1v) is 12.0. The summed E-state index contributed by atoms with van der Waals surface area (Å²) in [5.41, 5.74) is 1.11. The summed E-state index contributed by atoms with van der Waals surface area (Å²) >= 11 is 12.0. The third-order valence-electron chi connectivity index (χ3n) is 5.43. The van der Waals surface area contributed by atoms with Crippen LogP contribution in [0.1, 0.15) is 37.1 Å². The fraction of sp³-hybridized carbons (Fsp3) is 0.400. The molecule has 180 valence electrons. The molecule has 0 saturated carbocycles. The number of morpholine rings is 1. The zero-order valence-electron chi connectivity index (χ0n) is 19.1. The Balaban J connectivity index is 1.63. The Morgan fingerprint density at radius 2 is 2.00 bits per heavy atom. The molecule has 1 N–H and O–H groups in total. The number of rotatable bonds is 10. The van der Waals surface area contributed by atoms with Crippen molar-refractivity contribution in [2.24, 2.45) is 0 Å². The average Bonchev–Trinajstić information content (AvgIpc) is 2.85. The van der Waals surface area contributed by atoms with E-state index in [1.54, 1.807) is 12.1 Å². The molecular formula is C25H28Cl2N4O3. The number of carbonyl (C=O) groups is 1. The van der Waals surface area contributed by atoms with Crippen LogP contribution < -0.4 is 10.1 Å². The molecule has 0 aliphatic carbocycles. The Labute approximate surface area is 210 Å². The summed E-state index contributed by atoms with van der Waals surface area (Å²) in [5, 5.41) is 13.0. The first-order chi connectivity index (χ1) is 16.5. The minimum absolute atomic E-state index is 0.0964. The van der Waals surface area contributed by atoms with Gasteiger partial charge in [-0.2, -0.15) is 5.26 Å². The van der Waals surface area contributed by atoms with Crippen LogP contribution in [-0.2, 0) is 9.53 Å². The highest BCUT2D eigenvalue weighted by molar-refractivity contribution is 6.33. The molecule has 1 atom stereocenters. The second-order valence-electron chi connectivity index (χ2n) is 7.86. The van der Waals surface area contributed by atoms with Crippen LogP contribution >= 0.6 is 23.2 Å². The number of amides is 1. The topological polar surface area (TPSA) is 87.5 Å². The zero-order chi connectivity index (χ0) is 24.3. The fourth-order valence-electron chi connectivity index (χ4n) is 3.58. The van der Waals surface area contributed by atoms with Gasteiger partial charge in [-0.3, -0.25) is 9.69 Å². The second-order valence-corrected chi connectivity index (χ2v) is 8.65. The van der Waals surface area contributed by atoms with Crippen molar-refractivity contribution in [1.82, 2.24) is 15.2 Å². The zero-order valence-corrected chi connectivity index (χ0v) is 20.6. The first kappa shape index (κ1) is 26.0. The van der Waals surface area contributed by atoms with E-state index in [-0.39, 0.29) is 22.5 Å². The van der Waals surface area contributed by atoms with Crippen molar-refractivity contribution in [1.29, 1.82) is 5.26 Å². The number of aromatic nitrogens is 1. The van der Waals surface area contributed by atoms with E-state index >= 15 is 0 Å². The summed E-state index contributed by atoms with van der Waals surface area (Å²) in [6, 6.07) is 12.5. The van der Waals surface area contributed by atoms with Crippen molar-refractivity contribution < 1.29 is 14.3 Å². The van der Waals surface area contributed by atoms with Crippen molar-refractivity contribution in [2.75, 3.05) is 39.5 Å². The van der Waals surface area contributed by atoms with Crippen LogP contribution in [-0.4, -0.2) is 55.2 Å². The molecule has 0 spiro atoms. The molecule has 0 radical (unpaired) electrons. The van der Waals surface area contributed by atoms with Gasteiger partial charge in [0.2, 0.25) is 0 Å². The standard InChI is InChI=1S/C25H28Cl2N4O3/c1-2-3-22(30-25(32)19(17-28)16-23-21(26)8-9-24(27)29-23)18-4-6-20(7-5-18)34-15-12-31-10-13-33-14-11-31/h4-9,16,22H,2-3,10-15H2,1H3,(H,30,32)/b19-16-. The third kappa shape index (κ3) is 7.71. The molecule has 0 bridgehead atoms. The predicted octanol–water partition coefficient (Wildman–Crippen LogP) is 4.66. The van der Waals surface area contributed by atoms with E-state index < -0.39 is 5.91 Å². The molecule has 1 fully saturated rings. The molecule has 3 rings (SSSR count). The lowest BCUT2D eigenvalue weighted by molar-refractivity contribution is -0.117. The summed E-state index contributed by atoms with van der Waals surface area (Å²) in [5.74, 6) is 0.280. The molecule has 2 heterocycles. The third-order valence-corrected chi connectivity index (χ3v) is 5.96. The molecule has 1 aliphatic heterocycles. The highest BCUT2D eigenvalue weighted by Crippen LogP contribution is 2.23. The van der Waals surface area contributed by atoms with Gasteiger partial charge in [-0.05, 0) is 42.3 Å². The maximum Gasteiger partial charge on any atom is 0.262 e. The summed E-state index contributed by atoms with van der Waals surface area (Å²) < 4.78 is 11.2. The summed E-state index contributed by atoms with van der Waals surface area (Å²) in [6.45, 7) is 6.90. The van der Waals surface area contributed by atoms with Crippen molar-refractivity contribution in [3.63, 3.8) is 0 Å². The number of ether oxygens (including phenoxy) is 2. The highest BCUT2D eigenvalue weighted by atomic mass is 35.5. The maximum absolute atomic E-state index is 12.8. The number of hydrogen-bond acceptors (Lipinski definition) is 6. The van der Waals surface area contributed by atoms with E-state index in [1.807, 2.05) is 37.3 Å². The lowest BCUT2D eigenvalue weighted by atomic mass is 10.0. The van der Waals surface area contributed by atoms with Crippen LogP contribution in [0.4, 0.5) is 0 Å². The summed E-state index contributed by atoms with van der Waals surface area (Å²) in [7, 11) is 0. The smallest absolute Gasteiger partial charge is 0.262 e. The Hall–Kier alpha value is -2.63. The maximum atomic E-state index is 12.8. The van der Waals surface area contributed by atoms with E-state index in [4.69, 9.17) is 32.7 Å². The number of halogens is 2. The molecule has 7 nitrogen and oxygen atoms in total. The first-order valence-electron chi connectivity index (χ1n) is 11.3. The van der Waals surface area contributed by atoms with Gasteiger partial charge in [-0.1, -0.05) is 48.7 Å². The van der Waals surface area contributed by atoms with Crippen molar-refractivity contribution in [3.8, 4) is 11.8 Å². The molecule has 1 aliphatic rings. The number of hydrogen-bond donors (Lipinski definition) is 1. The molecule has 1 saturated heterocycles. The van der Waals surface area contributed by atoms with Crippen LogP contribution in [0.5, 0.6) is 5.75 Å². The Morgan fingerprint density at radius 3 is 2.68 bits per heavy atom. The van der Waals surface area contributed by atoms with Gasteiger partial charge in [-0.25, -0.2) is 4.98 Å². The number of carbonyl (C=O) groups excluding carboxylic acids is 1. The van der Waals surface area contributed by atoms with Gasteiger partial charge in [0, 0.05) is 19.6 Å². The van der Waals surface area contributed by atoms with Crippen LogP contribution in [0.3, 0.4) is 0 Å². The Bertz CT molecular complexity index is 1030. The van der Waals surface area contributed by atoms with Crippen LogP contribution in [0.15, 0.2) is 42.0 Å². The van der Waals surface area contributed by atoms with Gasteiger partial charge in [-0.15, -0.1) is 0 Å². The molecule has 2 aromatic rings. The Morgan fingerprint density at radius 1 is 1.26 bits per heavy atom. The van der Waals surface area contributed by atoms with Crippen molar-refractivity contribution in [2.45, 2.75) is 25.8 Å². The van der Waals surface area contributed by atoms with Gasteiger partial charge in [0.25, 0.3) is 5.91 Å². The Kier molecular flexibility index (Phi) is 10.2. The number of nitrogens with one attached hydrogen (secondary N) is 1. The average molecular weight is 503 g/mol. The quantitative estimate of drug-likeness (QED) is 0.288. The van der Waals surface area contributed by atoms with E-state index in [0.29, 0.717) is 11.6 Å². The van der Waals surface area contributed by atoms with E-state index in [0.717, 1.165) is 57.0 Å². The fourth-order valence-corrected chi connectivity index (χ4v) is 3.89. The van der Waals surface area contributed by atoms with E-state index in [1.165, 1.54) is 6.08 Å². The normalized spacial score (nSPS) is 15.4. The van der Waals surface area contributed by atoms with Crippen LogP contribution in [0.25, 0.3) is 6.08 Å². The summed E-state index contributed by atoms with van der Waals surface area (Å²) in [4.78, 5) is 19.2. The van der Waals surface area contributed by atoms with E-state index in [9.17, 15) is 10.1 Å². The largest absolute Gasteiger partial charge is 0.492 e. The van der Waals surface area contributed by atoms with Crippen molar-refractivity contribution in [3.05, 3.63) is 63.4 Å². The lowest BCUT2D eigenvalue weighted by Crippen LogP contribution is -2.38. The van der Waals surface area contributed by atoms with E-state index in [2.05, 4.69) is 15.2 Å². The highest BCUT2D eigenvalue weighted by Gasteiger charge is 2.18. The van der Waals surface area contributed by atoms with Crippen molar-refractivity contribution >= 4 is 35.2 Å². The minimum atomic E-state index is -0.496. The molecule has 1 unspecified atom stereocenters. The number of benzene rings is 1. The molecule has 34 heavy (non-hydrogen) atoms. The summed E-state index contributed by atoms with van der Waals surface area (Å²) in [6.07, 6.45) is 2.92. The number of nitriles is 1. The van der Waals surface area contributed by atoms with Crippen LogP contribution in [0, 0.1) is 11.3 Å². The molecule has 1 aromatic heterocycles. The number of pyridine rings is 1. The SMILES string of the molecule is CCCC(NC(=O)/C(C#N)=C\c1nc(Cl)ccc1Cl)c1ccc(OCCN2CCOCC2)cc1. The molecule has 1 amide bonds. The van der Waals surface area contributed by atoms with Gasteiger partial charge in [0.05, 0.1) is 30.0 Å². The van der Waals surface area contributed by atoms with Gasteiger partial charge in [0.1, 0.15) is 29.2 Å². The lowest BCUT2D eigenvalue weighted by Gasteiger charge is -2.26. The number of nitrogens with zero attached hydrogens (tertiary/aromatic N) is 3. The van der Waals surface area contributed by atoms with Gasteiger partial charge in [0.15, 0.2) is 0 Å². The minimum Gasteiger partial charge on any atom is -0.492 e. The second kappa shape index (κ2) is 13.3. The predicted molar refractivity (Wildman–Crippen MR) is 133 cm³/mol. The molecule has 1 aromatic carbocycles.